The molecule has 0 aliphatic carbocycles. The zero-order valence-corrected chi connectivity index (χ0v) is 13.0. The van der Waals surface area contributed by atoms with E-state index in [1.54, 1.807) is 24.3 Å². The number of rotatable bonds is 6. The van der Waals surface area contributed by atoms with Crippen molar-refractivity contribution in [3.05, 3.63) is 50.9 Å². The van der Waals surface area contributed by atoms with Gasteiger partial charge in [0, 0.05) is 11.6 Å². The van der Waals surface area contributed by atoms with Gasteiger partial charge in [0.2, 0.25) is 0 Å². The van der Waals surface area contributed by atoms with E-state index in [2.05, 4.69) is 10.4 Å². The van der Waals surface area contributed by atoms with E-state index in [9.17, 15) is 4.79 Å². The van der Waals surface area contributed by atoms with Crippen LogP contribution in [0.1, 0.15) is 6.92 Å². The summed E-state index contributed by atoms with van der Waals surface area (Å²) in [7, 11) is 0. The first-order valence-corrected chi connectivity index (χ1v) is 7.25. The summed E-state index contributed by atoms with van der Waals surface area (Å²) in [5, 5.41) is 7.82. The van der Waals surface area contributed by atoms with Crippen molar-refractivity contribution < 1.29 is 4.74 Å². The van der Waals surface area contributed by atoms with Crippen LogP contribution in [0.3, 0.4) is 0 Å². The zero-order valence-electron chi connectivity index (χ0n) is 11.5. The molecule has 1 N–H and O–H groups in total. The molecule has 112 valence electrons. The molecule has 0 atom stereocenters. The Labute approximate surface area is 132 Å². The van der Waals surface area contributed by atoms with E-state index in [1.807, 2.05) is 6.92 Å². The van der Waals surface area contributed by atoms with Crippen molar-refractivity contribution in [3.63, 3.8) is 0 Å². The Bertz CT molecular complexity index is 656. The minimum atomic E-state index is -0.338. The van der Waals surface area contributed by atoms with E-state index in [1.165, 1.54) is 10.9 Å². The van der Waals surface area contributed by atoms with Gasteiger partial charge < -0.3 is 10.1 Å². The molecule has 0 bridgehead atoms. The van der Waals surface area contributed by atoms with Gasteiger partial charge in [-0.1, -0.05) is 23.2 Å². The lowest BCUT2D eigenvalue weighted by Gasteiger charge is -2.10. The van der Waals surface area contributed by atoms with Crippen LogP contribution < -0.4 is 15.6 Å². The Hall–Kier alpha value is -1.72. The van der Waals surface area contributed by atoms with E-state index in [0.717, 1.165) is 0 Å². The Morgan fingerprint density at radius 1 is 1.29 bits per heavy atom. The van der Waals surface area contributed by atoms with Crippen LogP contribution in [0.15, 0.2) is 35.3 Å². The molecule has 2 rings (SSSR count). The van der Waals surface area contributed by atoms with Gasteiger partial charge in [-0.15, -0.1) is 0 Å². The minimum absolute atomic E-state index is 0.137. The fraction of sp³-hybridized carbons (Fsp3) is 0.286. The summed E-state index contributed by atoms with van der Waals surface area (Å²) in [5.74, 6) is 0.683. The highest BCUT2D eigenvalue weighted by Crippen LogP contribution is 2.16. The molecule has 5 nitrogen and oxygen atoms in total. The average molecular weight is 328 g/mol. The molecule has 0 fully saturated rings. The Morgan fingerprint density at radius 2 is 2.00 bits per heavy atom. The van der Waals surface area contributed by atoms with Crippen molar-refractivity contribution in [1.29, 1.82) is 0 Å². The van der Waals surface area contributed by atoms with Crippen LogP contribution in [0.4, 0.5) is 5.69 Å². The quantitative estimate of drug-likeness (QED) is 0.885. The number of nitrogens with one attached hydrogen (secondary N) is 1. The highest BCUT2D eigenvalue weighted by atomic mass is 35.5. The molecule has 1 aromatic heterocycles. The first kappa shape index (κ1) is 15.7. The van der Waals surface area contributed by atoms with Crippen molar-refractivity contribution in [1.82, 2.24) is 9.78 Å². The van der Waals surface area contributed by atoms with Gasteiger partial charge in [0.05, 0.1) is 18.4 Å². The molecule has 0 unspecified atom stereocenters. The maximum atomic E-state index is 12.0. The molecule has 1 heterocycles. The molecule has 0 saturated heterocycles. The van der Waals surface area contributed by atoms with Gasteiger partial charge in [0.15, 0.2) is 0 Å². The fourth-order valence-corrected chi connectivity index (χ4v) is 2.06. The number of benzene rings is 1. The molecular weight excluding hydrogens is 313 g/mol. The van der Waals surface area contributed by atoms with Crippen LogP contribution in [0.2, 0.25) is 10.0 Å². The normalized spacial score (nSPS) is 10.4. The van der Waals surface area contributed by atoms with Crippen LogP contribution in [0.25, 0.3) is 0 Å². The van der Waals surface area contributed by atoms with Crippen molar-refractivity contribution >= 4 is 28.9 Å². The second-order valence-corrected chi connectivity index (χ2v) is 5.05. The van der Waals surface area contributed by atoms with Crippen LogP contribution in [0.5, 0.6) is 5.75 Å². The van der Waals surface area contributed by atoms with Gasteiger partial charge in [0.1, 0.15) is 17.4 Å². The fourth-order valence-electron chi connectivity index (χ4n) is 1.72. The maximum absolute atomic E-state index is 12.0. The molecule has 0 amide bonds. The highest BCUT2D eigenvalue weighted by molar-refractivity contribution is 6.32. The number of hydrogen-bond acceptors (Lipinski definition) is 4. The largest absolute Gasteiger partial charge is 0.492 e. The number of ether oxygens (including phenoxy) is 1. The summed E-state index contributed by atoms with van der Waals surface area (Å²) in [4.78, 5) is 12.0. The topological polar surface area (TPSA) is 56.1 Å². The second-order valence-electron chi connectivity index (χ2n) is 4.23. The van der Waals surface area contributed by atoms with Crippen molar-refractivity contribution in [2.45, 2.75) is 13.5 Å². The summed E-state index contributed by atoms with van der Waals surface area (Å²) in [6, 6.07) is 7.01. The lowest BCUT2D eigenvalue weighted by Crippen LogP contribution is -2.26. The first-order valence-electron chi connectivity index (χ1n) is 6.49. The number of halogens is 2. The predicted molar refractivity (Wildman–Crippen MR) is 84.6 cm³/mol. The van der Waals surface area contributed by atoms with Crippen LogP contribution in [0, 0.1) is 0 Å². The smallest absolute Gasteiger partial charge is 0.287 e. The number of hydrogen-bond donors (Lipinski definition) is 1. The third-order valence-corrected chi connectivity index (χ3v) is 3.35. The Kier molecular flexibility index (Phi) is 5.47. The predicted octanol–water partition coefficient (Wildman–Crippen LogP) is 3.06. The van der Waals surface area contributed by atoms with Crippen molar-refractivity contribution in [3.8, 4) is 5.75 Å². The molecule has 1 aromatic carbocycles. The molecule has 21 heavy (non-hydrogen) atoms. The highest BCUT2D eigenvalue weighted by Gasteiger charge is 2.08. The van der Waals surface area contributed by atoms with Crippen LogP contribution >= 0.6 is 23.2 Å². The lowest BCUT2D eigenvalue weighted by atomic mass is 10.3. The monoisotopic (exact) mass is 327 g/mol. The molecule has 0 aliphatic rings. The van der Waals surface area contributed by atoms with Crippen molar-refractivity contribution in [2.75, 3.05) is 18.5 Å². The molecule has 0 radical (unpaired) electrons. The first-order chi connectivity index (χ1) is 10.1. The van der Waals surface area contributed by atoms with E-state index >= 15 is 0 Å². The molecule has 0 saturated carbocycles. The van der Waals surface area contributed by atoms with Gasteiger partial charge in [-0.2, -0.15) is 5.10 Å². The SMILES string of the molecule is CCNc1cnn(CCOc2ccc(Cl)cc2)c(=O)c1Cl. The van der Waals surface area contributed by atoms with Gasteiger partial charge in [-0.3, -0.25) is 4.79 Å². The third-order valence-electron chi connectivity index (χ3n) is 2.74. The standard InChI is InChI=1S/C14H15Cl2N3O2/c1-2-17-12-9-18-19(14(20)13(12)16)7-8-21-11-5-3-10(15)4-6-11/h3-6,9,17H,2,7-8H2,1H3. The number of aromatic nitrogens is 2. The zero-order chi connectivity index (χ0) is 15.2. The van der Waals surface area contributed by atoms with Crippen LogP contribution in [-0.4, -0.2) is 22.9 Å². The maximum Gasteiger partial charge on any atom is 0.287 e. The van der Waals surface area contributed by atoms with E-state index in [0.29, 0.717) is 36.2 Å². The number of anilines is 1. The van der Waals surface area contributed by atoms with Gasteiger partial charge in [0.25, 0.3) is 5.56 Å². The summed E-state index contributed by atoms with van der Waals surface area (Å²) < 4.78 is 6.80. The molecular formula is C14H15Cl2N3O2. The molecule has 7 heteroatoms. The third kappa shape index (κ3) is 4.12. The Balaban J connectivity index is 1.99. The van der Waals surface area contributed by atoms with E-state index < -0.39 is 0 Å². The van der Waals surface area contributed by atoms with E-state index in [4.69, 9.17) is 27.9 Å². The van der Waals surface area contributed by atoms with Crippen LogP contribution in [-0.2, 0) is 6.54 Å². The van der Waals surface area contributed by atoms with E-state index in [-0.39, 0.29) is 10.6 Å². The summed E-state index contributed by atoms with van der Waals surface area (Å²) in [5.41, 5.74) is 0.203. The van der Waals surface area contributed by atoms with Gasteiger partial charge in [-0.25, -0.2) is 4.68 Å². The summed E-state index contributed by atoms with van der Waals surface area (Å²) in [6.07, 6.45) is 1.54. The average Bonchev–Trinajstić information content (AvgIpc) is 2.48. The van der Waals surface area contributed by atoms with Gasteiger partial charge in [-0.05, 0) is 31.2 Å². The summed E-state index contributed by atoms with van der Waals surface area (Å²) >= 11 is 11.8. The summed E-state index contributed by atoms with van der Waals surface area (Å²) in [6.45, 7) is 3.21. The minimum Gasteiger partial charge on any atom is -0.492 e. The molecule has 0 aliphatic heterocycles. The second kappa shape index (κ2) is 7.33. The lowest BCUT2D eigenvalue weighted by molar-refractivity contribution is 0.288. The Morgan fingerprint density at radius 3 is 2.67 bits per heavy atom. The molecule has 0 spiro atoms. The van der Waals surface area contributed by atoms with Crippen molar-refractivity contribution in [2.24, 2.45) is 0 Å². The number of nitrogens with zero attached hydrogens (tertiary/aromatic N) is 2. The molecule has 2 aromatic rings. The van der Waals surface area contributed by atoms with Gasteiger partial charge >= 0.3 is 0 Å².